The van der Waals surface area contributed by atoms with Gasteiger partial charge in [-0.05, 0) is 51.8 Å². The molecule has 0 aliphatic carbocycles. The molecule has 172 valence electrons. The topological polar surface area (TPSA) is 93.9 Å². The SMILES string of the molecule is Cc1ccc(C[C@@H](COC(=O)C2CN(C(=O)OC(C)(C)C)C2)Nc2ccccc2N)cc1. The maximum Gasteiger partial charge on any atom is 0.410 e. The van der Waals surface area contributed by atoms with Gasteiger partial charge in [0.25, 0.3) is 0 Å². The van der Waals surface area contributed by atoms with Gasteiger partial charge in [0, 0.05) is 13.1 Å². The molecule has 0 saturated carbocycles. The summed E-state index contributed by atoms with van der Waals surface area (Å²) in [5.74, 6) is -0.633. The minimum Gasteiger partial charge on any atom is -0.463 e. The van der Waals surface area contributed by atoms with E-state index in [0.717, 1.165) is 11.3 Å². The molecule has 0 bridgehead atoms. The molecule has 0 unspecified atom stereocenters. The molecule has 3 rings (SSSR count). The average molecular weight is 440 g/mol. The van der Waals surface area contributed by atoms with E-state index < -0.39 is 11.7 Å². The van der Waals surface area contributed by atoms with Crippen LogP contribution in [-0.2, 0) is 20.7 Å². The van der Waals surface area contributed by atoms with Gasteiger partial charge in [-0.3, -0.25) is 4.79 Å². The van der Waals surface area contributed by atoms with E-state index in [2.05, 4.69) is 29.6 Å². The maximum absolute atomic E-state index is 12.5. The van der Waals surface area contributed by atoms with E-state index >= 15 is 0 Å². The van der Waals surface area contributed by atoms with E-state index in [1.807, 2.05) is 52.0 Å². The molecule has 1 heterocycles. The molecule has 1 atom stereocenters. The number of anilines is 2. The van der Waals surface area contributed by atoms with E-state index in [1.165, 1.54) is 10.5 Å². The molecular weight excluding hydrogens is 406 g/mol. The van der Waals surface area contributed by atoms with Crippen molar-refractivity contribution in [2.24, 2.45) is 5.92 Å². The third kappa shape index (κ3) is 6.64. The minimum absolute atomic E-state index is 0.145. The van der Waals surface area contributed by atoms with Crippen LogP contribution >= 0.6 is 0 Å². The molecule has 0 spiro atoms. The third-order valence-corrected chi connectivity index (χ3v) is 5.22. The Morgan fingerprint density at radius 2 is 1.78 bits per heavy atom. The Morgan fingerprint density at radius 1 is 1.12 bits per heavy atom. The Kier molecular flexibility index (Phi) is 7.28. The van der Waals surface area contributed by atoms with Gasteiger partial charge in [-0.25, -0.2) is 4.79 Å². The zero-order valence-corrected chi connectivity index (χ0v) is 19.3. The summed E-state index contributed by atoms with van der Waals surface area (Å²) in [5.41, 5.74) is 9.30. The summed E-state index contributed by atoms with van der Waals surface area (Å²) >= 11 is 0. The standard InChI is InChI=1S/C25H33N3O4/c1-17-9-11-18(12-10-17)13-20(27-22-8-6-5-7-21(22)26)16-31-23(29)19-14-28(15-19)24(30)32-25(2,3)4/h5-12,19-20,27H,13-16,26H2,1-4H3/t20-/m0/s1. The van der Waals surface area contributed by atoms with Gasteiger partial charge in [-0.1, -0.05) is 42.0 Å². The molecule has 1 aliphatic rings. The Bertz CT molecular complexity index is 931. The molecular formula is C25H33N3O4. The van der Waals surface area contributed by atoms with Gasteiger partial charge in [0.1, 0.15) is 12.2 Å². The van der Waals surface area contributed by atoms with Crippen LogP contribution < -0.4 is 11.1 Å². The first-order valence-corrected chi connectivity index (χ1v) is 10.9. The number of esters is 1. The quantitative estimate of drug-likeness (QED) is 0.500. The molecule has 2 aromatic rings. The van der Waals surface area contributed by atoms with Gasteiger partial charge in [-0.15, -0.1) is 0 Å². The van der Waals surface area contributed by atoms with Crippen LogP contribution in [0.5, 0.6) is 0 Å². The predicted octanol–water partition coefficient (Wildman–Crippen LogP) is 4.01. The second-order valence-corrected chi connectivity index (χ2v) is 9.33. The number of nitrogens with one attached hydrogen (secondary N) is 1. The molecule has 3 N–H and O–H groups in total. The smallest absolute Gasteiger partial charge is 0.410 e. The lowest BCUT2D eigenvalue weighted by molar-refractivity contribution is -0.154. The van der Waals surface area contributed by atoms with Gasteiger partial charge in [0.05, 0.1) is 23.3 Å². The lowest BCUT2D eigenvalue weighted by atomic mass is 10.0. The Balaban J connectivity index is 1.56. The number of nitrogen functional groups attached to an aromatic ring is 1. The van der Waals surface area contributed by atoms with E-state index in [1.54, 1.807) is 0 Å². The molecule has 1 fully saturated rings. The highest BCUT2D eigenvalue weighted by molar-refractivity contribution is 5.78. The molecule has 1 amide bonds. The molecule has 1 aliphatic heterocycles. The zero-order valence-electron chi connectivity index (χ0n) is 19.3. The molecule has 0 radical (unpaired) electrons. The largest absolute Gasteiger partial charge is 0.463 e. The summed E-state index contributed by atoms with van der Waals surface area (Å²) < 4.78 is 11.0. The molecule has 1 saturated heterocycles. The number of hydrogen-bond donors (Lipinski definition) is 2. The fraction of sp³-hybridized carbons (Fsp3) is 0.440. The maximum atomic E-state index is 12.5. The molecule has 7 heteroatoms. The van der Waals surface area contributed by atoms with E-state index in [9.17, 15) is 9.59 Å². The van der Waals surface area contributed by atoms with Gasteiger partial charge >= 0.3 is 12.1 Å². The number of para-hydroxylation sites is 2. The van der Waals surface area contributed by atoms with Crippen LogP contribution in [0.1, 0.15) is 31.9 Å². The summed E-state index contributed by atoms with van der Waals surface area (Å²) in [4.78, 5) is 26.1. The van der Waals surface area contributed by atoms with Crippen LogP contribution in [-0.4, -0.2) is 48.3 Å². The summed E-state index contributed by atoms with van der Waals surface area (Å²) in [7, 11) is 0. The zero-order chi connectivity index (χ0) is 23.3. The fourth-order valence-corrected chi connectivity index (χ4v) is 3.41. The van der Waals surface area contributed by atoms with E-state index in [4.69, 9.17) is 15.2 Å². The number of carbonyl (C=O) groups is 2. The normalized spacial score (nSPS) is 14.9. The third-order valence-electron chi connectivity index (χ3n) is 5.22. The lowest BCUT2D eigenvalue weighted by Gasteiger charge is -2.38. The van der Waals surface area contributed by atoms with Gasteiger partial charge in [0.2, 0.25) is 0 Å². The number of carbonyl (C=O) groups excluding carboxylic acids is 2. The number of hydrogen-bond acceptors (Lipinski definition) is 6. The van der Waals surface area contributed by atoms with Crippen molar-refractivity contribution in [2.75, 3.05) is 30.7 Å². The average Bonchev–Trinajstić information content (AvgIpc) is 2.67. The number of likely N-dealkylation sites (tertiary alicyclic amines) is 1. The van der Waals surface area contributed by atoms with Crippen molar-refractivity contribution < 1.29 is 19.1 Å². The molecule has 2 aromatic carbocycles. The summed E-state index contributed by atoms with van der Waals surface area (Å²) in [5, 5.41) is 3.41. The van der Waals surface area contributed by atoms with Gasteiger partial charge in [-0.2, -0.15) is 0 Å². The van der Waals surface area contributed by atoms with Crippen molar-refractivity contribution >= 4 is 23.4 Å². The molecule has 0 aromatic heterocycles. The van der Waals surface area contributed by atoms with Crippen molar-refractivity contribution in [1.29, 1.82) is 0 Å². The summed E-state index contributed by atoms with van der Waals surface area (Å²) in [6.45, 7) is 8.32. The number of aryl methyl sites for hydroxylation is 1. The minimum atomic E-state index is -0.559. The second-order valence-electron chi connectivity index (χ2n) is 9.33. The molecule has 32 heavy (non-hydrogen) atoms. The Morgan fingerprint density at radius 3 is 2.41 bits per heavy atom. The van der Waals surface area contributed by atoms with E-state index in [-0.39, 0.29) is 24.5 Å². The highest BCUT2D eigenvalue weighted by atomic mass is 16.6. The number of ether oxygens (including phenoxy) is 2. The number of nitrogens with two attached hydrogens (primary N) is 1. The van der Waals surface area contributed by atoms with Crippen LogP contribution in [0, 0.1) is 12.8 Å². The van der Waals surface area contributed by atoms with Crippen LogP contribution in [0.25, 0.3) is 0 Å². The molecule has 7 nitrogen and oxygen atoms in total. The first kappa shape index (κ1) is 23.4. The Labute approximate surface area is 189 Å². The van der Waals surface area contributed by atoms with Crippen molar-refractivity contribution in [3.63, 3.8) is 0 Å². The van der Waals surface area contributed by atoms with Crippen molar-refractivity contribution in [3.8, 4) is 0 Å². The van der Waals surface area contributed by atoms with Crippen molar-refractivity contribution in [3.05, 3.63) is 59.7 Å². The van der Waals surface area contributed by atoms with Crippen LogP contribution in [0.3, 0.4) is 0 Å². The first-order valence-electron chi connectivity index (χ1n) is 10.9. The fourth-order valence-electron chi connectivity index (χ4n) is 3.41. The van der Waals surface area contributed by atoms with E-state index in [0.29, 0.717) is 25.2 Å². The predicted molar refractivity (Wildman–Crippen MR) is 125 cm³/mol. The number of benzene rings is 2. The van der Waals surface area contributed by atoms with Crippen LogP contribution in [0.4, 0.5) is 16.2 Å². The van der Waals surface area contributed by atoms with Gasteiger partial charge < -0.3 is 25.4 Å². The summed E-state index contributed by atoms with van der Waals surface area (Å²) in [6, 6.07) is 15.7. The number of amides is 1. The monoisotopic (exact) mass is 439 g/mol. The highest BCUT2D eigenvalue weighted by Crippen LogP contribution is 2.22. The van der Waals surface area contributed by atoms with Crippen LogP contribution in [0.15, 0.2) is 48.5 Å². The lowest BCUT2D eigenvalue weighted by Crippen LogP contribution is -2.54. The number of rotatable bonds is 7. The van der Waals surface area contributed by atoms with Gasteiger partial charge in [0.15, 0.2) is 0 Å². The summed E-state index contributed by atoms with van der Waals surface area (Å²) in [6.07, 6.45) is 0.274. The highest BCUT2D eigenvalue weighted by Gasteiger charge is 2.39. The van der Waals surface area contributed by atoms with Crippen molar-refractivity contribution in [2.45, 2.75) is 45.8 Å². The number of nitrogens with zero attached hydrogens (tertiary/aromatic N) is 1. The Hall–Kier alpha value is -3.22. The first-order chi connectivity index (χ1) is 15.1. The van der Waals surface area contributed by atoms with Crippen molar-refractivity contribution in [1.82, 2.24) is 4.90 Å². The second kappa shape index (κ2) is 9.94. The van der Waals surface area contributed by atoms with Crippen LogP contribution in [0.2, 0.25) is 0 Å².